The van der Waals surface area contributed by atoms with Crippen molar-refractivity contribution in [2.45, 2.75) is 45.3 Å². The van der Waals surface area contributed by atoms with E-state index in [1.807, 2.05) is 36.4 Å². The first-order chi connectivity index (χ1) is 16.7. The van der Waals surface area contributed by atoms with Gasteiger partial charge in [-0.1, -0.05) is 18.2 Å². The molecule has 9 nitrogen and oxygen atoms in total. The van der Waals surface area contributed by atoms with Crippen LogP contribution in [0.5, 0.6) is 11.5 Å². The maximum Gasteiger partial charge on any atom is 0.410 e. The highest BCUT2D eigenvalue weighted by Gasteiger charge is 2.52. The molecule has 1 fully saturated rings. The summed E-state index contributed by atoms with van der Waals surface area (Å²) < 4.78 is 16.4. The molecular weight excluding hydrogens is 448 g/mol. The zero-order chi connectivity index (χ0) is 25.5. The van der Waals surface area contributed by atoms with E-state index in [-0.39, 0.29) is 13.2 Å². The Morgan fingerprint density at radius 3 is 2.34 bits per heavy atom. The van der Waals surface area contributed by atoms with Crippen molar-refractivity contribution in [2.24, 2.45) is 16.1 Å². The lowest BCUT2D eigenvalue weighted by Gasteiger charge is -2.27. The van der Waals surface area contributed by atoms with Crippen molar-refractivity contribution in [1.29, 1.82) is 5.26 Å². The van der Waals surface area contributed by atoms with Gasteiger partial charge in [0.05, 0.1) is 12.3 Å². The Bertz CT molecular complexity index is 1090. The minimum absolute atomic E-state index is 0.0891. The number of hydrogen-bond acceptors (Lipinski definition) is 8. The number of amides is 1. The van der Waals surface area contributed by atoms with E-state index in [1.54, 1.807) is 52.0 Å². The molecule has 9 heteroatoms. The Morgan fingerprint density at radius 1 is 1.09 bits per heavy atom. The smallest absolute Gasteiger partial charge is 0.410 e. The lowest BCUT2D eigenvalue weighted by atomic mass is 9.85. The molecule has 2 aromatic rings. The van der Waals surface area contributed by atoms with Crippen LogP contribution in [0.2, 0.25) is 0 Å². The number of likely N-dealkylation sites (tertiary alicyclic amines) is 1. The summed E-state index contributed by atoms with van der Waals surface area (Å²) in [6.45, 7) is 7.55. The average Bonchev–Trinajstić information content (AvgIpc) is 3.32. The monoisotopic (exact) mass is 478 g/mol. The summed E-state index contributed by atoms with van der Waals surface area (Å²) in [5.74, 6) is -0.0748. The Balaban J connectivity index is 1.79. The molecule has 0 saturated carbocycles. The second-order valence-electron chi connectivity index (χ2n) is 9.12. The molecule has 0 radical (unpaired) electrons. The van der Waals surface area contributed by atoms with E-state index < -0.39 is 29.1 Å². The Labute approximate surface area is 205 Å². The van der Waals surface area contributed by atoms with Crippen LogP contribution in [-0.4, -0.2) is 47.8 Å². The number of esters is 1. The van der Waals surface area contributed by atoms with Crippen LogP contribution >= 0.6 is 0 Å². The number of benzene rings is 2. The van der Waals surface area contributed by atoms with Gasteiger partial charge >= 0.3 is 12.1 Å². The van der Waals surface area contributed by atoms with Gasteiger partial charge in [-0.15, -0.1) is 0 Å². The minimum atomic E-state index is -1.88. The molecule has 1 heterocycles. The molecule has 2 aromatic carbocycles. The van der Waals surface area contributed by atoms with Crippen molar-refractivity contribution < 1.29 is 23.8 Å². The fourth-order valence-corrected chi connectivity index (χ4v) is 3.63. The van der Waals surface area contributed by atoms with E-state index in [9.17, 15) is 14.9 Å². The standard InChI is InChI=1S/C26H30N4O5/c1-5-33-23(31)26(18-27,19-15-16-30(17-19)24(32)35-25(2,3)4)29-28-20-11-13-22(14-12-20)34-21-9-7-6-8-10-21/h6-14,19H,5,15-17H2,1-4H3/b29-28+. The molecule has 2 unspecified atom stereocenters. The topological polar surface area (TPSA) is 114 Å². The van der Waals surface area contributed by atoms with Crippen LogP contribution in [0.15, 0.2) is 64.8 Å². The molecule has 1 amide bonds. The van der Waals surface area contributed by atoms with Gasteiger partial charge in [-0.25, -0.2) is 9.59 Å². The third-order valence-corrected chi connectivity index (χ3v) is 5.33. The summed E-state index contributed by atoms with van der Waals surface area (Å²) >= 11 is 0. The van der Waals surface area contributed by atoms with E-state index in [4.69, 9.17) is 14.2 Å². The molecule has 0 aromatic heterocycles. The number of nitrogens with zero attached hydrogens (tertiary/aromatic N) is 4. The van der Waals surface area contributed by atoms with Gasteiger partial charge in [-0.3, -0.25) is 0 Å². The zero-order valence-corrected chi connectivity index (χ0v) is 20.4. The van der Waals surface area contributed by atoms with Crippen LogP contribution < -0.4 is 4.74 Å². The molecule has 35 heavy (non-hydrogen) atoms. The van der Waals surface area contributed by atoms with Crippen molar-refractivity contribution in [3.05, 3.63) is 54.6 Å². The van der Waals surface area contributed by atoms with Crippen molar-refractivity contribution in [1.82, 2.24) is 4.90 Å². The van der Waals surface area contributed by atoms with E-state index in [1.165, 1.54) is 4.90 Å². The molecule has 3 rings (SSSR count). The zero-order valence-electron chi connectivity index (χ0n) is 20.4. The summed E-state index contributed by atoms with van der Waals surface area (Å²) in [4.78, 5) is 26.9. The van der Waals surface area contributed by atoms with Crippen molar-refractivity contribution >= 4 is 17.7 Å². The molecule has 2 atom stereocenters. The van der Waals surface area contributed by atoms with E-state index in [2.05, 4.69) is 10.2 Å². The number of para-hydroxylation sites is 1. The van der Waals surface area contributed by atoms with Gasteiger partial charge in [0, 0.05) is 19.0 Å². The lowest BCUT2D eigenvalue weighted by Crippen LogP contribution is -2.46. The number of nitriles is 1. The molecule has 0 aliphatic carbocycles. The minimum Gasteiger partial charge on any atom is -0.463 e. The van der Waals surface area contributed by atoms with Crippen LogP contribution in [0.4, 0.5) is 10.5 Å². The largest absolute Gasteiger partial charge is 0.463 e. The van der Waals surface area contributed by atoms with Gasteiger partial charge in [-0.2, -0.15) is 15.5 Å². The summed E-state index contributed by atoms with van der Waals surface area (Å²) in [5.41, 5.74) is -2.10. The van der Waals surface area contributed by atoms with Gasteiger partial charge in [0.25, 0.3) is 5.54 Å². The van der Waals surface area contributed by atoms with Crippen LogP contribution in [0, 0.1) is 17.2 Å². The molecule has 1 saturated heterocycles. The summed E-state index contributed by atoms with van der Waals surface area (Å²) in [7, 11) is 0. The summed E-state index contributed by atoms with van der Waals surface area (Å²) in [5, 5.41) is 18.5. The third kappa shape index (κ3) is 6.57. The predicted octanol–water partition coefficient (Wildman–Crippen LogP) is 5.65. The first kappa shape index (κ1) is 25.7. The first-order valence-electron chi connectivity index (χ1n) is 11.5. The van der Waals surface area contributed by atoms with Crippen LogP contribution in [-0.2, 0) is 14.3 Å². The number of rotatable bonds is 7. The summed E-state index contributed by atoms with van der Waals surface area (Å²) in [6.07, 6.45) is -0.115. The fourth-order valence-electron chi connectivity index (χ4n) is 3.63. The number of carbonyl (C=O) groups excluding carboxylic acids is 2. The van der Waals surface area contributed by atoms with Crippen molar-refractivity contribution in [3.63, 3.8) is 0 Å². The second-order valence-corrected chi connectivity index (χ2v) is 9.12. The fraction of sp³-hybridized carbons (Fsp3) is 0.423. The Hall–Kier alpha value is -3.93. The summed E-state index contributed by atoms with van der Waals surface area (Å²) in [6, 6.07) is 18.2. The van der Waals surface area contributed by atoms with E-state index in [0.29, 0.717) is 30.2 Å². The van der Waals surface area contributed by atoms with E-state index in [0.717, 1.165) is 0 Å². The molecule has 0 spiro atoms. The van der Waals surface area contributed by atoms with Crippen LogP contribution in [0.25, 0.3) is 0 Å². The average molecular weight is 479 g/mol. The Morgan fingerprint density at radius 2 is 1.74 bits per heavy atom. The van der Waals surface area contributed by atoms with Crippen LogP contribution in [0.3, 0.4) is 0 Å². The predicted molar refractivity (Wildman–Crippen MR) is 128 cm³/mol. The SMILES string of the molecule is CCOC(=O)C(C#N)(/N=N/c1ccc(Oc2ccccc2)cc1)C1CCN(C(=O)OC(C)(C)C)C1. The van der Waals surface area contributed by atoms with Gasteiger partial charge in [-0.05, 0) is 70.5 Å². The van der Waals surface area contributed by atoms with Gasteiger partial charge in [0.15, 0.2) is 0 Å². The first-order valence-corrected chi connectivity index (χ1v) is 11.5. The van der Waals surface area contributed by atoms with Gasteiger partial charge in [0.2, 0.25) is 0 Å². The van der Waals surface area contributed by atoms with Gasteiger partial charge in [0.1, 0.15) is 23.2 Å². The van der Waals surface area contributed by atoms with Crippen molar-refractivity contribution in [2.75, 3.05) is 19.7 Å². The molecule has 1 aliphatic rings. The molecular formula is C26H30N4O5. The lowest BCUT2D eigenvalue weighted by molar-refractivity contribution is -0.149. The van der Waals surface area contributed by atoms with E-state index >= 15 is 0 Å². The number of hydrogen-bond donors (Lipinski definition) is 0. The van der Waals surface area contributed by atoms with Crippen molar-refractivity contribution in [3.8, 4) is 17.6 Å². The maximum absolute atomic E-state index is 12.9. The van der Waals surface area contributed by atoms with Gasteiger partial charge < -0.3 is 19.1 Å². The highest BCUT2D eigenvalue weighted by molar-refractivity contribution is 5.85. The second kappa shape index (κ2) is 11.0. The number of ether oxygens (including phenoxy) is 3. The molecule has 1 aliphatic heterocycles. The van der Waals surface area contributed by atoms with Crippen LogP contribution in [0.1, 0.15) is 34.1 Å². The number of azo groups is 1. The normalized spacial score (nSPS) is 17.5. The molecule has 0 bridgehead atoms. The Kier molecular flexibility index (Phi) is 8.07. The highest BCUT2D eigenvalue weighted by atomic mass is 16.6. The maximum atomic E-state index is 12.9. The quantitative estimate of drug-likeness (QED) is 0.375. The number of carbonyl (C=O) groups is 2. The molecule has 184 valence electrons. The third-order valence-electron chi connectivity index (χ3n) is 5.33. The molecule has 0 N–H and O–H groups in total. The highest BCUT2D eigenvalue weighted by Crippen LogP contribution is 2.34.